The molecule has 11 heteroatoms. The molecule has 0 aromatic heterocycles. The minimum absolute atomic E-state index is 0. The summed E-state index contributed by atoms with van der Waals surface area (Å²) in [6.07, 6.45) is 3.25. The van der Waals surface area contributed by atoms with Crippen molar-refractivity contribution in [1.82, 2.24) is 10.4 Å². The number of hydrogen-bond acceptors (Lipinski definition) is 8. The first kappa shape index (κ1) is 21.1. The van der Waals surface area contributed by atoms with Crippen LogP contribution in [0.2, 0.25) is 0 Å². The molecule has 0 radical (unpaired) electrons. The summed E-state index contributed by atoms with van der Waals surface area (Å²) < 4.78 is 4.80. The molecule has 2 atom stereocenters. The van der Waals surface area contributed by atoms with E-state index in [2.05, 4.69) is 5.32 Å². The van der Waals surface area contributed by atoms with Crippen molar-refractivity contribution >= 4 is 23.8 Å². The second kappa shape index (κ2) is 7.81. The van der Waals surface area contributed by atoms with Crippen LogP contribution < -0.4 is 45.7 Å². The van der Waals surface area contributed by atoms with Crippen molar-refractivity contribution in [1.29, 1.82) is 0 Å². The molecule has 3 aliphatic rings. The smallest absolute Gasteiger partial charge is 0.544 e. The molecule has 2 saturated heterocycles. The molecule has 2 aliphatic heterocycles. The van der Waals surface area contributed by atoms with Gasteiger partial charge in [-0.2, -0.15) is 5.06 Å². The number of carbonyl (C=O) groups excluding carboxylic acids is 4. The molecule has 2 amide bonds. The predicted molar refractivity (Wildman–Crippen MR) is 77.8 cm³/mol. The van der Waals surface area contributed by atoms with Gasteiger partial charge in [-0.25, -0.2) is 0 Å². The van der Waals surface area contributed by atoms with Crippen molar-refractivity contribution in [2.24, 2.45) is 5.73 Å². The summed E-state index contributed by atoms with van der Waals surface area (Å²) in [5.74, 6) is -3.80. The third kappa shape index (κ3) is 3.61. The van der Waals surface area contributed by atoms with Gasteiger partial charge in [0.05, 0.1) is 12.0 Å². The number of carboxylic acid groups (broad SMARTS) is 1. The van der Waals surface area contributed by atoms with Crippen LogP contribution >= 0.6 is 0 Å². The molecule has 2 heterocycles. The zero-order valence-corrected chi connectivity index (χ0v) is 16.6. The van der Waals surface area contributed by atoms with E-state index >= 15 is 0 Å². The van der Waals surface area contributed by atoms with E-state index < -0.39 is 41.1 Å². The first-order valence-corrected chi connectivity index (χ1v) is 8.29. The molecule has 3 rings (SSSR count). The second-order valence-electron chi connectivity index (χ2n) is 6.72. The van der Waals surface area contributed by atoms with Gasteiger partial charge in [-0.3, -0.25) is 19.2 Å². The molecule has 0 bridgehead atoms. The minimum atomic E-state index is -2.29. The standard InChI is InChI=1S/C15H21N3O7.Na/c16-14(5-2-1-3-6-14)12(21)17-9-8-24-18(11(9)20)15(13(22)23)7-4-10(19)25-15;/h9H,1-8,16H2,(H,17,21)(H,22,23);/q;+1/p-1/t9-,15?;/m0./s1. The average Bonchev–Trinajstić information content (AvgIpc) is 3.13. The van der Waals surface area contributed by atoms with Gasteiger partial charge in [-0.15, -0.1) is 0 Å². The molecule has 3 fully saturated rings. The molecule has 26 heavy (non-hydrogen) atoms. The van der Waals surface area contributed by atoms with Crippen molar-refractivity contribution in [3.8, 4) is 0 Å². The zero-order valence-electron chi connectivity index (χ0n) is 14.6. The van der Waals surface area contributed by atoms with E-state index in [1.165, 1.54) is 0 Å². The molecule has 0 aromatic rings. The van der Waals surface area contributed by atoms with Gasteiger partial charge < -0.3 is 25.7 Å². The van der Waals surface area contributed by atoms with Crippen LogP contribution in [0.1, 0.15) is 44.9 Å². The Bertz CT molecular complexity index is 622. The number of nitrogens with two attached hydrogens (primary N) is 1. The fourth-order valence-electron chi connectivity index (χ4n) is 3.45. The predicted octanol–water partition coefficient (Wildman–Crippen LogP) is -5.31. The number of hydrogen-bond donors (Lipinski definition) is 2. The Morgan fingerprint density at radius 1 is 1.19 bits per heavy atom. The van der Waals surface area contributed by atoms with Crippen LogP contribution in [0.4, 0.5) is 0 Å². The molecular weight excluding hydrogens is 357 g/mol. The Labute approximate surface area is 172 Å². The molecule has 0 spiro atoms. The summed E-state index contributed by atoms with van der Waals surface area (Å²) >= 11 is 0. The van der Waals surface area contributed by atoms with Crippen molar-refractivity contribution in [3.05, 3.63) is 0 Å². The molecular formula is C15H20N3NaO7. The monoisotopic (exact) mass is 377 g/mol. The number of hydroxylamine groups is 2. The van der Waals surface area contributed by atoms with E-state index in [9.17, 15) is 24.3 Å². The largest absolute Gasteiger partial charge is 1.00 e. The van der Waals surface area contributed by atoms with E-state index in [0.717, 1.165) is 19.3 Å². The summed E-state index contributed by atoms with van der Waals surface area (Å²) in [6.45, 7) is -0.271. The fraction of sp³-hybridized carbons (Fsp3) is 0.733. The molecule has 3 N–H and O–H groups in total. The average molecular weight is 377 g/mol. The Kier molecular flexibility index (Phi) is 6.34. The summed E-state index contributed by atoms with van der Waals surface area (Å²) in [4.78, 5) is 52.9. The number of nitrogens with zero attached hydrogens (tertiary/aromatic N) is 1. The van der Waals surface area contributed by atoms with Crippen molar-refractivity contribution < 1.29 is 63.4 Å². The first-order chi connectivity index (χ1) is 11.8. The van der Waals surface area contributed by atoms with Gasteiger partial charge in [-0.1, -0.05) is 19.3 Å². The van der Waals surface area contributed by atoms with E-state index in [1.54, 1.807) is 0 Å². The van der Waals surface area contributed by atoms with Gasteiger partial charge in [0.1, 0.15) is 18.6 Å². The van der Waals surface area contributed by atoms with Gasteiger partial charge in [0.25, 0.3) is 11.6 Å². The van der Waals surface area contributed by atoms with Crippen molar-refractivity contribution in [3.63, 3.8) is 0 Å². The van der Waals surface area contributed by atoms with Gasteiger partial charge in [0.2, 0.25) is 5.91 Å². The normalized spacial score (nSPS) is 30.5. The number of esters is 1. The molecule has 0 aromatic carbocycles. The van der Waals surface area contributed by atoms with Crippen LogP contribution in [0.3, 0.4) is 0 Å². The van der Waals surface area contributed by atoms with Crippen LogP contribution in [0.5, 0.6) is 0 Å². The number of ether oxygens (including phenoxy) is 1. The molecule has 10 nitrogen and oxygen atoms in total. The Balaban J connectivity index is 0.00000243. The van der Waals surface area contributed by atoms with Gasteiger partial charge >= 0.3 is 35.5 Å². The van der Waals surface area contributed by atoms with E-state index in [4.69, 9.17) is 15.3 Å². The summed E-state index contributed by atoms with van der Waals surface area (Å²) in [7, 11) is 0. The third-order valence-corrected chi connectivity index (χ3v) is 4.97. The number of aliphatic carboxylic acids is 1. The summed E-state index contributed by atoms with van der Waals surface area (Å²) in [5.41, 5.74) is 2.79. The molecule has 138 valence electrons. The van der Waals surface area contributed by atoms with Gasteiger partial charge in [-0.05, 0) is 12.8 Å². The number of carboxylic acids is 1. The number of carbonyl (C=O) groups is 4. The van der Waals surface area contributed by atoms with Crippen LogP contribution in [0.25, 0.3) is 0 Å². The Morgan fingerprint density at radius 3 is 2.38 bits per heavy atom. The summed E-state index contributed by atoms with van der Waals surface area (Å²) in [5, 5.41) is 14.5. The molecule has 1 aliphatic carbocycles. The van der Waals surface area contributed by atoms with Crippen molar-refractivity contribution in [2.45, 2.75) is 62.3 Å². The van der Waals surface area contributed by atoms with Crippen LogP contribution in [0.15, 0.2) is 0 Å². The number of cyclic esters (lactones) is 1. The molecule has 1 saturated carbocycles. The maximum absolute atomic E-state index is 12.5. The number of nitrogens with one attached hydrogen (secondary N) is 1. The van der Waals surface area contributed by atoms with Crippen LogP contribution in [-0.4, -0.2) is 52.7 Å². The minimum Gasteiger partial charge on any atom is -0.544 e. The Hall–Kier alpha value is -1.20. The fourth-order valence-corrected chi connectivity index (χ4v) is 3.45. The quantitative estimate of drug-likeness (QED) is 0.364. The van der Waals surface area contributed by atoms with Crippen LogP contribution in [0, 0.1) is 0 Å². The number of amides is 2. The van der Waals surface area contributed by atoms with E-state index in [0.29, 0.717) is 17.9 Å². The third-order valence-electron chi connectivity index (χ3n) is 4.97. The Morgan fingerprint density at radius 2 is 1.85 bits per heavy atom. The van der Waals surface area contributed by atoms with E-state index in [-0.39, 0.29) is 49.0 Å². The maximum Gasteiger partial charge on any atom is 1.00 e. The zero-order chi connectivity index (χ0) is 18.2. The maximum atomic E-state index is 12.5. The summed E-state index contributed by atoms with van der Waals surface area (Å²) in [6, 6.07) is -1.09. The molecule has 1 unspecified atom stereocenters. The van der Waals surface area contributed by atoms with Gasteiger partial charge in [0, 0.05) is 6.42 Å². The van der Waals surface area contributed by atoms with E-state index in [1.807, 2.05) is 0 Å². The number of rotatable bonds is 4. The first-order valence-electron chi connectivity index (χ1n) is 8.29. The second-order valence-corrected chi connectivity index (χ2v) is 6.72. The van der Waals surface area contributed by atoms with Crippen LogP contribution in [-0.2, 0) is 28.8 Å². The van der Waals surface area contributed by atoms with Crippen molar-refractivity contribution in [2.75, 3.05) is 6.61 Å². The van der Waals surface area contributed by atoms with Gasteiger partial charge in [0.15, 0.2) is 0 Å². The SMILES string of the molecule is NC1(C(=O)N[C@H]2CON(C3(C(=O)[O-])CCC(=O)O3)C2=O)CCCCC1.[Na+]. The topological polar surface area (TPSA) is 151 Å².